The molecule has 0 N–H and O–H groups in total. The topological polar surface area (TPSA) is 85.8 Å². The van der Waals surface area contributed by atoms with E-state index in [1.165, 1.54) is 4.31 Å². The van der Waals surface area contributed by atoms with Crippen LogP contribution in [0.5, 0.6) is 0 Å². The van der Waals surface area contributed by atoms with Crippen molar-refractivity contribution in [2.45, 2.75) is 13.3 Å². The summed E-state index contributed by atoms with van der Waals surface area (Å²) >= 11 is 0. The van der Waals surface area contributed by atoms with E-state index in [0.29, 0.717) is 39.4 Å². The molecule has 0 saturated heterocycles. The smallest absolute Gasteiger partial charge is 0.257 e. The minimum absolute atomic E-state index is 0.00147. The van der Waals surface area contributed by atoms with Crippen molar-refractivity contribution in [1.29, 1.82) is 0 Å². The Morgan fingerprint density at radius 3 is 2.31 bits per heavy atom. The third kappa shape index (κ3) is 7.40. The molecule has 42 heavy (non-hydrogen) atoms. The second-order valence-electron chi connectivity index (χ2n) is 9.12. The number of methoxy groups -OCH3 is 2. The summed E-state index contributed by atoms with van der Waals surface area (Å²) in [6.45, 7) is 11.7. The van der Waals surface area contributed by atoms with Gasteiger partial charge in [-0.1, -0.05) is 62.0 Å². The molecule has 3 aromatic carbocycles. The monoisotopic (exact) mass is 584 g/mol. The van der Waals surface area contributed by atoms with E-state index in [0.717, 1.165) is 22.3 Å². The molecule has 0 bridgehead atoms. The first-order valence-electron chi connectivity index (χ1n) is 13.3. The molecule has 1 heterocycles. The zero-order valence-electron chi connectivity index (χ0n) is 24.2. The van der Waals surface area contributed by atoms with E-state index in [1.807, 2.05) is 49.4 Å². The lowest BCUT2D eigenvalue weighted by Crippen LogP contribution is -2.32. The predicted molar refractivity (Wildman–Crippen MR) is 174 cm³/mol. The van der Waals surface area contributed by atoms with Gasteiger partial charge in [-0.2, -0.15) is 0 Å². The van der Waals surface area contributed by atoms with Crippen LogP contribution in [-0.2, 0) is 19.5 Å². The van der Waals surface area contributed by atoms with Crippen LogP contribution in [0.1, 0.15) is 13.3 Å². The Balaban J connectivity index is 0.00000237. The average molecular weight is 585 g/mol. The van der Waals surface area contributed by atoms with Crippen molar-refractivity contribution in [3.05, 3.63) is 132 Å². The third-order valence-electron chi connectivity index (χ3n) is 6.57. The van der Waals surface area contributed by atoms with Gasteiger partial charge in [-0.05, 0) is 46.9 Å². The summed E-state index contributed by atoms with van der Waals surface area (Å²) in [7, 11) is -0.792. The van der Waals surface area contributed by atoms with Crippen LogP contribution in [0, 0.1) is 0 Å². The zero-order valence-corrected chi connectivity index (χ0v) is 25.1. The molecular formula is C34H36N2O5S. The van der Waals surface area contributed by atoms with Gasteiger partial charge in [0.05, 0.1) is 37.2 Å². The van der Waals surface area contributed by atoms with Crippen molar-refractivity contribution in [3.63, 3.8) is 0 Å². The predicted octanol–water partition coefficient (Wildman–Crippen LogP) is 7.01. The highest BCUT2D eigenvalue weighted by atomic mass is 32.2. The molecule has 4 aromatic rings. The van der Waals surface area contributed by atoms with Crippen molar-refractivity contribution in [3.8, 4) is 11.1 Å². The number of pyridine rings is 1. The summed E-state index contributed by atoms with van der Waals surface area (Å²) < 4.78 is 38.3. The normalized spacial score (nSPS) is 12.0. The molecule has 0 radical (unpaired) electrons. The first kappa shape index (κ1) is 32.0. The quantitative estimate of drug-likeness (QED) is 0.107. The number of ether oxygens (including phenoxy) is 2. The summed E-state index contributed by atoms with van der Waals surface area (Å²) in [5.74, 6) is 0.747. The van der Waals surface area contributed by atoms with E-state index < -0.39 is 10.0 Å². The van der Waals surface area contributed by atoms with Crippen molar-refractivity contribution >= 4 is 37.4 Å². The van der Waals surface area contributed by atoms with Crippen molar-refractivity contribution in [2.24, 2.45) is 0 Å². The highest BCUT2D eigenvalue weighted by Gasteiger charge is 2.21. The fourth-order valence-electron chi connectivity index (χ4n) is 4.41. The summed E-state index contributed by atoms with van der Waals surface area (Å²) in [4.78, 5) is 18.4. The van der Waals surface area contributed by atoms with E-state index in [-0.39, 0.29) is 18.6 Å². The van der Waals surface area contributed by atoms with Crippen LogP contribution < -0.4 is 9.73 Å². The van der Waals surface area contributed by atoms with E-state index in [9.17, 15) is 13.2 Å². The van der Waals surface area contributed by atoms with Gasteiger partial charge >= 0.3 is 0 Å². The molecule has 0 aliphatic rings. The second kappa shape index (κ2) is 14.9. The van der Waals surface area contributed by atoms with Gasteiger partial charge in [0.25, 0.3) is 10.0 Å². The largest absolute Gasteiger partial charge is 0.501 e. The molecule has 0 unspecified atom stereocenters. The maximum Gasteiger partial charge on any atom is 0.257 e. The van der Waals surface area contributed by atoms with Crippen LogP contribution in [-0.4, -0.2) is 40.8 Å². The highest BCUT2D eigenvalue weighted by Crippen LogP contribution is 2.27. The lowest BCUT2D eigenvalue weighted by molar-refractivity contribution is 0.225. The molecule has 0 spiro atoms. The molecule has 0 fully saturated rings. The molecule has 218 valence electrons. The van der Waals surface area contributed by atoms with Gasteiger partial charge in [0.1, 0.15) is 0 Å². The van der Waals surface area contributed by atoms with Crippen LogP contribution in [0.15, 0.2) is 126 Å². The van der Waals surface area contributed by atoms with E-state index in [1.54, 1.807) is 56.8 Å². The Hall–Kier alpha value is -4.53. The number of benzene rings is 2. The molecule has 8 heteroatoms. The van der Waals surface area contributed by atoms with Gasteiger partial charge in [-0.25, -0.2) is 8.42 Å². The van der Waals surface area contributed by atoms with Gasteiger partial charge in [0.15, 0.2) is 5.43 Å². The maximum absolute atomic E-state index is 13.9. The van der Waals surface area contributed by atoms with Crippen LogP contribution in [0.25, 0.3) is 32.8 Å². The van der Waals surface area contributed by atoms with Crippen molar-refractivity contribution in [2.75, 3.05) is 31.7 Å². The lowest BCUT2D eigenvalue weighted by atomic mass is 10.1. The average Bonchev–Trinajstić information content (AvgIpc) is 3.17. The molecule has 0 atom stereocenters. The molecule has 0 aliphatic carbocycles. The van der Waals surface area contributed by atoms with E-state index >= 15 is 0 Å². The number of fused-ring (bicyclic) bond motifs is 2. The number of rotatable bonds is 11. The minimum atomic E-state index is -3.93. The number of allylic oxidation sites excluding steroid dienone is 3. The summed E-state index contributed by atoms with van der Waals surface area (Å²) in [6, 6.07) is 20.2. The van der Waals surface area contributed by atoms with Crippen LogP contribution in [0.3, 0.4) is 0 Å². The van der Waals surface area contributed by atoms with Crippen LogP contribution in [0.2, 0.25) is 0 Å². The van der Waals surface area contributed by atoms with Gasteiger partial charge in [0, 0.05) is 41.5 Å². The Morgan fingerprint density at radius 2 is 1.67 bits per heavy atom. The third-order valence-corrected chi connectivity index (χ3v) is 7.95. The molecule has 7 nitrogen and oxygen atoms in total. The maximum atomic E-state index is 13.9. The van der Waals surface area contributed by atoms with Gasteiger partial charge in [-0.15, -0.1) is 13.2 Å². The number of nitrogens with zero attached hydrogens (tertiary/aromatic N) is 2. The number of hydrogen-bond acceptors (Lipinski definition) is 6. The first-order valence-corrected chi connectivity index (χ1v) is 14.8. The number of aromatic nitrogens is 1. The Kier molecular flexibility index (Phi) is 11.4. The summed E-state index contributed by atoms with van der Waals surface area (Å²) in [5.41, 5.74) is 3.12. The molecular weight excluding hydrogens is 548 g/mol. The first-order chi connectivity index (χ1) is 20.3. The summed E-state index contributed by atoms with van der Waals surface area (Å²) in [5, 5.41) is 2.41. The number of anilines is 1. The standard InChI is InChI=1S/C32H32N2O5S.C2H4/c1-5-28(39-4)16-12-23(22-38-3)21-34(40(36,37)6-2)27-15-13-25-14-17-31-30(32(35)29(25)19-27)18-26(20-33-31)24-10-8-7-9-11-24;1-2/h6-20H,2,5,21-22H2,1,3-4H3;1-2H2/b23-12-,28-16+;. The number of sulfonamides is 1. The lowest BCUT2D eigenvalue weighted by Gasteiger charge is -2.24. The van der Waals surface area contributed by atoms with E-state index in [4.69, 9.17) is 9.47 Å². The van der Waals surface area contributed by atoms with Crippen molar-refractivity contribution < 1.29 is 17.9 Å². The Labute approximate surface area is 247 Å². The number of hydrogen-bond donors (Lipinski definition) is 0. The molecule has 0 aliphatic heterocycles. The Morgan fingerprint density at radius 1 is 0.952 bits per heavy atom. The molecule has 0 saturated carbocycles. The fraction of sp³-hybridized carbons (Fsp3) is 0.176. The van der Waals surface area contributed by atoms with Gasteiger partial charge in [0.2, 0.25) is 0 Å². The SMILES string of the molecule is C=C.C=CS(=O)(=O)N(C/C(=C/C=C(\CC)OC)COC)c1ccc2ccc3ncc(-c4ccccc4)cc3c(=O)c2c1. The summed E-state index contributed by atoms with van der Waals surface area (Å²) in [6.07, 6.45) is 6.02. The van der Waals surface area contributed by atoms with Gasteiger partial charge < -0.3 is 9.47 Å². The van der Waals surface area contributed by atoms with Crippen LogP contribution >= 0.6 is 0 Å². The fourth-order valence-corrected chi connectivity index (χ4v) is 5.34. The second-order valence-corrected chi connectivity index (χ2v) is 10.9. The van der Waals surface area contributed by atoms with E-state index in [2.05, 4.69) is 24.7 Å². The molecule has 0 amide bonds. The van der Waals surface area contributed by atoms with Crippen LogP contribution in [0.4, 0.5) is 5.69 Å². The minimum Gasteiger partial charge on any atom is -0.501 e. The Bertz CT molecular complexity index is 1780. The molecule has 1 aromatic heterocycles. The highest BCUT2D eigenvalue weighted by molar-refractivity contribution is 7.95. The zero-order chi connectivity index (χ0) is 30.7. The molecule has 4 rings (SSSR count). The van der Waals surface area contributed by atoms with Gasteiger partial charge in [-0.3, -0.25) is 14.1 Å². The van der Waals surface area contributed by atoms with Crippen molar-refractivity contribution in [1.82, 2.24) is 4.98 Å².